The van der Waals surface area contributed by atoms with E-state index in [1.807, 2.05) is 12.1 Å². The van der Waals surface area contributed by atoms with Gasteiger partial charge in [-0.3, -0.25) is 9.97 Å². The summed E-state index contributed by atoms with van der Waals surface area (Å²) in [6, 6.07) is 12.2. The molecule has 0 bridgehead atoms. The van der Waals surface area contributed by atoms with Gasteiger partial charge in [-0.25, -0.2) is 4.52 Å². The quantitative estimate of drug-likeness (QED) is 0.589. The largest absolute Gasteiger partial charge is 0.378 e. The average molecular weight is 373 g/mol. The molecule has 0 amide bonds. The second-order valence-corrected chi connectivity index (χ2v) is 6.51. The third kappa shape index (κ3) is 3.25. The van der Waals surface area contributed by atoms with Crippen molar-refractivity contribution >= 4 is 23.0 Å². The van der Waals surface area contributed by atoms with Crippen LogP contribution in [-0.2, 0) is 4.74 Å². The number of nitrogens with one attached hydrogen (secondary N) is 1. The second-order valence-electron chi connectivity index (χ2n) is 6.51. The van der Waals surface area contributed by atoms with Crippen molar-refractivity contribution in [1.29, 1.82) is 0 Å². The fraction of sp³-hybridized carbons (Fsp3) is 0.200. The van der Waals surface area contributed by atoms with Gasteiger partial charge in [-0.15, -0.1) is 5.10 Å². The zero-order valence-corrected chi connectivity index (χ0v) is 15.2. The molecular formula is C20H19N7O. The molecule has 0 atom stereocenters. The van der Waals surface area contributed by atoms with Crippen molar-refractivity contribution in [1.82, 2.24) is 24.6 Å². The lowest BCUT2D eigenvalue weighted by Gasteiger charge is -2.28. The van der Waals surface area contributed by atoms with Gasteiger partial charge in [-0.2, -0.15) is 4.98 Å². The van der Waals surface area contributed by atoms with Crippen LogP contribution in [0.25, 0.3) is 16.9 Å². The molecule has 4 heterocycles. The molecule has 0 unspecified atom stereocenters. The standard InChI is InChI=1S/C20H19N7O/c1-2-16(12-21-7-1)23-20-24-19-14-22-13-18(27(19)25-20)15-3-5-17(6-4-15)26-8-10-28-11-9-26/h1-7,12-14H,8-11H2,(H,23,25). The first kappa shape index (κ1) is 16.6. The van der Waals surface area contributed by atoms with Crippen molar-refractivity contribution in [3.8, 4) is 11.3 Å². The van der Waals surface area contributed by atoms with Crippen LogP contribution >= 0.6 is 0 Å². The molecule has 5 rings (SSSR count). The molecule has 28 heavy (non-hydrogen) atoms. The maximum absolute atomic E-state index is 5.43. The molecule has 0 radical (unpaired) electrons. The van der Waals surface area contributed by atoms with E-state index in [0.29, 0.717) is 11.6 Å². The van der Waals surface area contributed by atoms with E-state index in [4.69, 9.17) is 4.74 Å². The molecule has 1 aromatic carbocycles. The molecule has 3 aromatic heterocycles. The topological polar surface area (TPSA) is 80.5 Å². The molecule has 140 valence electrons. The predicted molar refractivity (Wildman–Crippen MR) is 107 cm³/mol. The normalized spacial score (nSPS) is 14.4. The molecule has 8 nitrogen and oxygen atoms in total. The number of anilines is 3. The summed E-state index contributed by atoms with van der Waals surface area (Å²) in [5.41, 5.74) is 4.64. The van der Waals surface area contributed by atoms with Crippen molar-refractivity contribution in [3.63, 3.8) is 0 Å². The van der Waals surface area contributed by atoms with Gasteiger partial charge < -0.3 is 15.0 Å². The summed E-state index contributed by atoms with van der Waals surface area (Å²) < 4.78 is 7.23. The van der Waals surface area contributed by atoms with Gasteiger partial charge >= 0.3 is 0 Å². The lowest BCUT2D eigenvalue weighted by Crippen LogP contribution is -2.36. The van der Waals surface area contributed by atoms with Crippen molar-refractivity contribution in [2.45, 2.75) is 0 Å². The van der Waals surface area contributed by atoms with E-state index in [2.05, 4.69) is 54.5 Å². The number of benzene rings is 1. The molecule has 4 aromatic rings. The first-order chi connectivity index (χ1) is 13.9. The zero-order valence-electron chi connectivity index (χ0n) is 15.2. The lowest BCUT2D eigenvalue weighted by molar-refractivity contribution is 0.122. The Bertz CT molecular complexity index is 1070. The Morgan fingerprint density at radius 2 is 1.79 bits per heavy atom. The number of pyridine rings is 1. The van der Waals surface area contributed by atoms with Gasteiger partial charge in [0, 0.05) is 30.5 Å². The van der Waals surface area contributed by atoms with Crippen LogP contribution in [0.3, 0.4) is 0 Å². The van der Waals surface area contributed by atoms with Crippen LogP contribution in [-0.4, -0.2) is 50.9 Å². The van der Waals surface area contributed by atoms with Crippen LogP contribution in [0, 0.1) is 0 Å². The van der Waals surface area contributed by atoms with Crippen LogP contribution in [0.4, 0.5) is 17.3 Å². The number of rotatable bonds is 4. The summed E-state index contributed by atoms with van der Waals surface area (Å²) in [5, 5.41) is 7.77. The number of ether oxygens (including phenoxy) is 1. The Balaban J connectivity index is 1.45. The second kappa shape index (κ2) is 7.24. The lowest BCUT2D eigenvalue weighted by atomic mass is 10.1. The van der Waals surface area contributed by atoms with E-state index in [1.165, 1.54) is 5.69 Å². The van der Waals surface area contributed by atoms with Gasteiger partial charge in [0.1, 0.15) is 0 Å². The summed E-state index contributed by atoms with van der Waals surface area (Å²) in [6.07, 6.45) is 6.96. The highest BCUT2D eigenvalue weighted by atomic mass is 16.5. The maximum atomic E-state index is 5.43. The Morgan fingerprint density at radius 1 is 0.929 bits per heavy atom. The molecule has 1 saturated heterocycles. The van der Waals surface area contributed by atoms with Crippen molar-refractivity contribution in [2.75, 3.05) is 36.5 Å². The Labute approximate surface area is 161 Å². The van der Waals surface area contributed by atoms with Crippen LogP contribution in [0.15, 0.2) is 61.2 Å². The summed E-state index contributed by atoms with van der Waals surface area (Å²) in [5.74, 6) is 0.507. The highest BCUT2D eigenvalue weighted by molar-refractivity contribution is 5.66. The predicted octanol–water partition coefficient (Wildman–Crippen LogP) is 2.77. The summed E-state index contributed by atoms with van der Waals surface area (Å²) in [6.45, 7) is 3.39. The van der Waals surface area contributed by atoms with E-state index >= 15 is 0 Å². The summed E-state index contributed by atoms with van der Waals surface area (Å²) in [7, 11) is 0. The van der Waals surface area contributed by atoms with Crippen LogP contribution in [0.2, 0.25) is 0 Å². The molecule has 0 aliphatic carbocycles. The SMILES string of the molecule is c1cncc(Nc2nc3cncc(-c4ccc(N5CCOCC5)cc4)n3n2)c1. The molecule has 1 fully saturated rings. The van der Waals surface area contributed by atoms with E-state index < -0.39 is 0 Å². The van der Waals surface area contributed by atoms with Gasteiger partial charge in [0.05, 0.1) is 43.2 Å². The Morgan fingerprint density at radius 3 is 2.57 bits per heavy atom. The van der Waals surface area contributed by atoms with Gasteiger partial charge in [-0.05, 0) is 24.3 Å². The number of fused-ring (bicyclic) bond motifs is 1. The van der Waals surface area contributed by atoms with Crippen molar-refractivity contribution in [3.05, 3.63) is 61.2 Å². The average Bonchev–Trinajstić information content (AvgIpc) is 3.18. The summed E-state index contributed by atoms with van der Waals surface area (Å²) >= 11 is 0. The molecule has 8 heteroatoms. The minimum Gasteiger partial charge on any atom is -0.378 e. The smallest absolute Gasteiger partial charge is 0.247 e. The number of morpholine rings is 1. The zero-order chi connectivity index (χ0) is 18.8. The van der Waals surface area contributed by atoms with Crippen LogP contribution in [0.5, 0.6) is 0 Å². The third-order valence-corrected chi connectivity index (χ3v) is 4.70. The minimum atomic E-state index is 0.507. The molecule has 0 spiro atoms. The van der Waals surface area contributed by atoms with Gasteiger partial charge in [0.2, 0.25) is 5.95 Å². The Kier molecular flexibility index (Phi) is 4.30. The van der Waals surface area contributed by atoms with Gasteiger partial charge in [-0.1, -0.05) is 12.1 Å². The third-order valence-electron chi connectivity index (χ3n) is 4.70. The molecular weight excluding hydrogens is 354 g/mol. The fourth-order valence-corrected chi connectivity index (χ4v) is 3.29. The number of aromatic nitrogens is 5. The Hall–Kier alpha value is -3.52. The van der Waals surface area contributed by atoms with E-state index in [9.17, 15) is 0 Å². The van der Waals surface area contributed by atoms with E-state index in [1.54, 1.807) is 29.3 Å². The minimum absolute atomic E-state index is 0.507. The number of hydrogen-bond acceptors (Lipinski definition) is 7. The van der Waals surface area contributed by atoms with Crippen molar-refractivity contribution in [2.24, 2.45) is 0 Å². The van der Waals surface area contributed by atoms with E-state index in [-0.39, 0.29) is 0 Å². The molecule has 1 aliphatic heterocycles. The molecule has 0 saturated carbocycles. The first-order valence-electron chi connectivity index (χ1n) is 9.18. The number of hydrogen-bond donors (Lipinski definition) is 1. The fourth-order valence-electron chi connectivity index (χ4n) is 3.29. The first-order valence-corrected chi connectivity index (χ1v) is 9.18. The number of nitrogens with zero attached hydrogens (tertiary/aromatic N) is 6. The van der Waals surface area contributed by atoms with Gasteiger partial charge in [0.15, 0.2) is 5.65 Å². The van der Waals surface area contributed by atoms with E-state index in [0.717, 1.165) is 43.2 Å². The molecule has 1 aliphatic rings. The monoisotopic (exact) mass is 373 g/mol. The van der Waals surface area contributed by atoms with Gasteiger partial charge in [0.25, 0.3) is 0 Å². The van der Waals surface area contributed by atoms with Crippen LogP contribution in [0.1, 0.15) is 0 Å². The van der Waals surface area contributed by atoms with Crippen molar-refractivity contribution < 1.29 is 4.74 Å². The maximum Gasteiger partial charge on any atom is 0.247 e. The molecule has 1 N–H and O–H groups in total. The summed E-state index contributed by atoms with van der Waals surface area (Å²) in [4.78, 5) is 15.3. The highest BCUT2D eigenvalue weighted by Gasteiger charge is 2.13. The highest BCUT2D eigenvalue weighted by Crippen LogP contribution is 2.24. The van der Waals surface area contributed by atoms with Crippen LogP contribution < -0.4 is 10.2 Å².